The van der Waals surface area contributed by atoms with Gasteiger partial charge in [0.15, 0.2) is 0 Å². The molecule has 1 saturated heterocycles. The van der Waals surface area contributed by atoms with Gasteiger partial charge in [0, 0.05) is 6.54 Å². The predicted octanol–water partition coefficient (Wildman–Crippen LogP) is 3.56. The third-order valence-corrected chi connectivity index (χ3v) is 3.55. The van der Waals surface area contributed by atoms with Crippen LogP contribution in [-0.4, -0.2) is 13.1 Å². The second-order valence-corrected chi connectivity index (χ2v) is 4.81. The lowest BCUT2D eigenvalue weighted by molar-refractivity contribution is -0.140. The molecule has 2 unspecified atom stereocenters. The molecule has 1 N–H and O–H groups in total. The van der Waals surface area contributed by atoms with E-state index in [1.165, 1.54) is 6.07 Å². The van der Waals surface area contributed by atoms with E-state index in [1.807, 2.05) is 6.92 Å². The molecular formula is C13H15F4N. The lowest BCUT2D eigenvalue weighted by Crippen LogP contribution is -2.33. The molecule has 1 nitrogen and oxygen atoms in total. The van der Waals surface area contributed by atoms with E-state index < -0.39 is 17.6 Å². The van der Waals surface area contributed by atoms with Gasteiger partial charge in [-0.2, -0.15) is 13.2 Å². The number of alkyl halides is 3. The minimum atomic E-state index is -4.63. The Kier molecular flexibility index (Phi) is 3.61. The number of piperidine rings is 1. The summed E-state index contributed by atoms with van der Waals surface area (Å²) in [6, 6.07) is 3.25. The average Bonchev–Trinajstić information content (AvgIpc) is 2.27. The lowest BCUT2D eigenvalue weighted by atomic mass is 9.82. The van der Waals surface area contributed by atoms with Gasteiger partial charge in [0.2, 0.25) is 0 Å². The molecule has 1 aromatic carbocycles. The molecule has 100 valence electrons. The molecule has 0 radical (unpaired) electrons. The SMILES string of the molecule is CC1CCNCC1c1ccc(C(F)(F)F)c(F)c1. The fourth-order valence-corrected chi connectivity index (χ4v) is 2.43. The summed E-state index contributed by atoms with van der Waals surface area (Å²) in [4.78, 5) is 0. The highest BCUT2D eigenvalue weighted by Crippen LogP contribution is 2.35. The van der Waals surface area contributed by atoms with Crippen molar-refractivity contribution in [3.8, 4) is 0 Å². The molecular weight excluding hydrogens is 246 g/mol. The molecule has 0 spiro atoms. The molecule has 0 aromatic heterocycles. The highest BCUT2D eigenvalue weighted by Gasteiger charge is 2.34. The van der Waals surface area contributed by atoms with Crippen molar-refractivity contribution < 1.29 is 17.6 Å². The van der Waals surface area contributed by atoms with Gasteiger partial charge in [0.05, 0.1) is 5.56 Å². The molecule has 0 aliphatic carbocycles. The molecule has 0 saturated carbocycles. The predicted molar refractivity (Wildman–Crippen MR) is 60.8 cm³/mol. The zero-order valence-corrected chi connectivity index (χ0v) is 10.0. The summed E-state index contributed by atoms with van der Waals surface area (Å²) in [7, 11) is 0. The summed E-state index contributed by atoms with van der Waals surface area (Å²) in [6.07, 6.45) is -3.67. The Bertz CT molecular complexity index is 427. The van der Waals surface area contributed by atoms with E-state index in [0.717, 1.165) is 25.1 Å². The second-order valence-electron chi connectivity index (χ2n) is 4.81. The maximum atomic E-state index is 13.5. The fourth-order valence-electron chi connectivity index (χ4n) is 2.43. The summed E-state index contributed by atoms with van der Waals surface area (Å²) in [5.74, 6) is -0.754. The number of benzene rings is 1. The normalized spacial score (nSPS) is 25.2. The first kappa shape index (κ1) is 13.3. The summed E-state index contributed by atoms with van der Waals surface area (Å²) in [5.41, 5.74) is -0.553. The fraction of sp³-hybridized carbons (Fsp3) is 0.538. The molecule has 2 rings (SSSR count). The first-order valence-electron chi connectivity index (χ1n) is 5.97. The van der Waals surface area contributed by atoms with Crippen molar-refractivity contribution in [1.29, 1.82) is 0 Å². The van der Waals surface area contributed by atoms with Gasteiger partial charge in [-0.1, -0.05) is 13.0 Å². The number of halogens is 4. The van der Waals surface area contributed by atoms with Crippen molar-refractivity contribution in [2.75, 3.05) is 13.1 Å². The quantitative estimate of drug-likeness (QED) is 0.762. The monoisotopic (exact) mass is 261 g/mol. The van der Waals surface area contributed by atoms with Crippen LogP contribution < -0.4 is 5.32 Å². The van der Waals surface area contributed by atoms with Crippen LogP contribution in [0.4, 0.5) is 17.6 Å². The standard InChI is InChI=1S/C13H15F4N/c1-8-4-5-18-7-10(8)9-2-3-11(12(14)6-9)13(15,16)17/h2-3,6,8,10,18H,4-5,7H2,1H3. The molecule has 5 heteroatoms. The summed E-state index contributed by atoms with van der Waals surface area (Å²) >= 11 is 0. The Labute approximate surface area is 103 Å². The van der Waals surface area contributed by atoms with Crippen LogP contribution in [0.3, 0.4) is 0 Å². The summed E-state index contributed by atoms with van der Waals surface area (Å²) in [6.45, 7) is 3.63. The molecule has 0 bridgehead atoms. The molecule has 1 aliphatic rings. The summed E-state index contributed by atoms with van der Waals surface area (Å²) in [5, 5.41) is 3.18. The van der Waals surface area contributed by atoms with Gasteiger partial charge in [-0.15, -0.1) is 0 Å². The van der Waals surface area contributed by atoms with Crippen LogP contribution in [0.1, 0.15) is 30.4 Å². The smallest absolute Gasteiger partial charge is 0.316 e. The molecule has 2 atom stereocenters. The number of hydrogen-bond acceptors (Lipinski definition) is 1. The van der Waals surface area contributed by atoms with Crippen LogP contribution in [0.2, 0.25) is 0 Å². The number of rotatable bonds is 1. The van der Waals surface area contributed by atoms with Gasteiger partial charge < -0.3 is 5.32 Å². The van der Waals surface area contributed by atoms with Crippen LogP contribution in [0.5, 0.6) is 0 Å². The van der Waals surface area contributed by atoms with Crippen LogP contribution in [-0.2, 0) is 6.18 Å². The van der Waals surface area contributed by atoms with Crippen molar-refractivity contribution in [1.82, 2.24) is 5.32 Å². The van der Waals surface area contributed by atoms with E-state index in [0.29, 0.717) is 18.0 Å². The lowest BCUT2D eigenvalue weighted by Gasteiger charge is -2.30. The maximum Gasteiger partial charge on any atom is 0.419 e. The van der Waals surface area contributed by atoms with E-state index >= 15 is 0 Å². The Morgan fingerprint density at radius 2 is 2.00 bits per heavy atom. The minimum absolute atomic E-state index is 0.0792. The van der Waals surface area contributed by atoms with E-state index in [1.54, 1.807) is 0 Å². The minimum Gasteiger partial charge on any atom is -0.316 e. The zero-order chi connectivity index (χ0) is 13.3. The topological polar surface area (TPSA) is 12.0 Å². The van der Waals surface area contributed by atoms with Crippen LogP contribution >= 0.6 is 0 Å². The largest absolute Gasteiger partial charge is 0.419 e. The van der Waals surface area contributed by atoms with Gasteiger partial charge in [-0.25, -0.2) is 4.39 Å². The third-order valence-electron chi connectivity index (χ3n) is 3.55. The van der Waals surface area contributed by atoms with Crippen LogP contribution in [0.25, 0.3) is 0 Å². The van der Waals surface area contributed by atoms with Crippen molar-refractivity contribution in [2.24, 2.45) is 5.92 Å². The van der Waals surface area contributed by atoms with Gasteiger partial charge in [-0.3, -0.25) is 0 Å². The molecule has 18 heavy (non-hydrogen) atoms. The molecule has 1 aliphatic heterocycles. The molecule has 1 fully saturated rings. The van der Waals surface area contributed by atoms with Crippen LogP contribution in [0, 0.1) is 11.7 Å². The van der Waals surface area contributed by atoms with E-state index in [-0.39, 0.29) is 5.92 Å². The molecule has 0 amide bonds. The van der Waals surface area contributed by atoms with Gasteiger partial charge in [-0.05, 0) is 42.5 Å². The maximum absolute atomic E-state index is 13.5. The van der Waals surface area contributed by atoms with E-state index in [9.17, 15) is 17.6 Å². The van der Waals surface area contributed by atoms with Gasteiger partial charge in [0.1, 0.15) is 5.82 Å². The molecule has 1 heterocycles. The zero-order valence-electron chi connectivity index (χ0n) is 10.0. The molecule has 1 aromatic rings. The van der Waals surface area contributed by atoms with E-state index in [2.05, 4.69) is 5.32 Å². The average molecular weight is 261 g/mol. The van der Waals surface area contributed by atoms with Crippen molar-refractivity contribution in [3.63, 3.8) is 0 Å². The Hall–Kier alpha value is -1.10. The van der Waals surface area contributed by atoms with E-state index in [4.69, 9.17) is 0 Å². The second kappa shape index (κ2) is 4.88. The Balaban J connectivity index is 2.28. The van der Waals surface area contributed by atoms with Gasteiger partial charge in [0.25, 0.3) is 0 Å². The number of hydrogen-bond donors (Lipinski definition) is 1. The van der Waals surface area contributed by atoms with Gasteiger partial charge >= 0.3 is 6.18 Å². The van der Waals surface area contributed by atoms with Crippen molar-refractivity contribution in [2.45, 2.75) is 25.4 Å². The third kappa shape index (κ3) is 2.66. The first-order chi connectivity index (χ1) is 8.39. The van der Waals surface area contributed by atoms with Crippen LogP contribution in [0.15, 0.2) is 18.2 Å². The highest BCUT2D eigenvalue weighted by atomic mass is 19.4. The number of nitrogens with one attached hydrogen (secondary N) is 1. The Morgan fingerprint density at radius 3 is 2.56 bits per heavy atom. The van der Waals surface area contributed by atoms with Crippen molar-refractivity contribution in [3.05, 3.63) is 35.1 Å². The summed E-state index contributed by atoms with van der Waals surface area (Å²) < 4.78 is 50.8. The Morgan fingerprint density at radius 1 is 1.28 bits per heavy atom. The highest BCUT2D eigenvalue weighted by molar-refractivity contribution is 5.29. The van der Waals surface area contributed by atoms with Crippen molar-refractivity contribution >= 4 is 0 Å². The first-order valence-corrected chi connectivity index (χ1v) is 5.97.